The highest BCUT2D eigenvalue weighted by atomic mass is 16.4. The monoisotopic (exact) mass is 271 g/mol. The maximum Gasteiger partial charge on any atom is 0.335 e. The van der Waals surface area contributed by atoms with Crippen molar-refractivity contribution in [2.45, 2.75) is 52.5 Å². The molecule has 1 aromatic heterocycles. The number of fused-ring (bicyclic) bond motifs is 3. The average molecular weight is 271 g/mol. The van der Waals surface area contributed by atoms with Gasteiger partial charge in [-0.25, -0.2) is 4.79 Å². The van der Waals surface area contributed by atoms with Crippen molar-refractivity contribution in [3.05, 3.63) is 34.5 Å². The van der Waals surface area contributed by atoms with Gasteiger partial charge in [-0.3, -0.25) is 0 Å². The van der Waals surface area contributed by atoms with Crippen LogP contribution in [0.4, 0.5) is 0 Å². The van der Waals surface area contributed by atoms with Gasteiger partial charge in [-0.05, 0) is 69.7 Å². The molecule has 1 aliphatic rings. The first-order chi connectivity index (χ1) is 9.50. The summed E-state index contributed by atoms with van der Waals surface area (Å²) in [5.74, 6) is -0.836. The summed E-state index contributed by atoms with van der Waals surface area (Å²) in [6.07, 6.45) is 4.64. The number of hydrogen-bond acceptors (Lipinski definition) is 1. The van der Waals surface area contributed by atoms with Crippen molar-refractivity contribution < 1.29 is 9.90 Å². The second-order valence-electron chi connectivity index (χ2n) is 6.09. The minimum absolute atomic E-state index is 0.407. The maximum absolute atomic E-state index is 11.3. The molecule has 0 saturated carbocycles. The number of carboxylic acids is 1. The van der Waals surface area contributed by atoms with Crippen LogP contribution in [0, 0.1) is 6.92 Å². The number of carboxylic acid groups (broad SMARTS) is 1. The molecule has 1 heterocycles. The smallest absolute Gasteiger partial charge is 0.335 e. The predicted molar refractivity (Wildman–Crippen MR) is 80.7 cm³/mol. The Labute approximate surface area is 119 Å². The Morgan fingerprint density at radius 3 is 2.60 bits per heavy atom. The van der Waals surface area contributed by atoms with Gasteiger partial charge in [0.15, 0.2) is 0 Å². The number of hydrogen-bond donors (Lipinski definition) is 1. The Morgan fingerprint density at radius 1 is 1.25 bits per heavy atom. The SMILES string of the molecule is Cc1cc(C(=O)O)cc2c3c(n(C(C)C)c12)CCCC3. The summed E-state index contributed by atoms with van der Waals surface area (Å²) in [5.41, 5.74) is 5.52. The Bertz CT molecular complexity index is 695. The van der Waals surface area contributed by atoms with Crippen LogP contribution in [0.2, 0.25) is 0 Å². The Kier molecular flexibility index (Phi) is 3.08. The van der Waals surface area contributed by atoms with Gasteiger partial charge in [0.05, 0.1) is 11.1 Å². The molecule has 3 heteroatoms. The van der Waals surface area contributed by atoms with Crippen molar-refractivity contribution >= 4 is 16.9 Å². The molecule has 2 aromatic rings. The number of aromatic nitrogens is 1. The first-order valence-corrected chi connectivity index (χ1v) is 7.40. The van der Waals surface area contributed by atoms with Gasteiger partial charge in [-0.15, -0.1) is 0 Å². The summed E-state index contributed by atoms with van der Waals surface area (Å²) in [5, 5.41) is 10.4. The molecule has 0 fully saturated rings. The van der Waals surface area contributed by atoms with E-state index >= 15 is 0 Å². The van der Waals surface area contributed by atoms with Crippen LogP contribution in [0.25, 0.3) is 10.9 Å². The molecule has 0 radical (unpaired) electrons. The molecule has 0 amide bonds. The average Bonchev–Trinajstić information content (AvgIpc) is 2.74. The van der Waals surface area contributed by atoms with E-state index in [1.807, 2.05) is 13.0 Å². The van der Waals surface area contributed by atoms with Crippen LogP contribution in [0.1, 0.15) is 59.9 Å². The minimum Gasteiger partial charge on any atom is -0.478 e. The lowest BCUT2D eigenvalue weighted by Gasteiger charge is -2.19. The van der Waals surface area contributed by atoms with Gasteiger partial charge in [0.1, 0.15) is 0 Å². The molecule has 0 aliphatic heterocycles. The molecule has 0 atom stereocenters. The van der Waals surface area contributed by atoms with Gasteiger partial charge >= 0.3 is 5.97 Å². The van der Waals surface area contributed by atoms with E-state index in [0.717, 1.165) is 23.8 Å². The number of aromatic carboxylic acids is 1. The van der Waals surface area contributed by atoms with Crippen molar-refractivity contribution in [3.63, 3.8) is 0 Å². The van der Waals surface area contributed by atoms with Crippen LogP contribution in [-0.2, 0) is 12.8 Å². The first kappa shape index (κ1) is 13.2. The van der Waals surface area contributed by atoms with Crippen LogP contribution in [0.3, 0.4) is 0 Å². The van der Waals surface area contributed by atoms with Crippen molar-refractivity contribution in [2.75, 3.05) is 0 Å². The van der Waals surface area contributed by atoms with E-state index in [0.29, 0.717) is 11.6 Å². The third kappa shape index (κ3) is 1.84. The van der Waals surface area contributed by atoms with E-state index < -0.39 is 5.97 Å². The molecule has 3 nitrogen and oxygen atoms in total. The van der Waals surface area contributed by atoms with E-state index in [1.165, 1.54) is 29.6 Å². The number of carbonyl (C=O) groups is 1. The minimum atomic E-state index is -0.836. The fourth-order valence-electron chi connectivity index (χ4n) is 3.60. The molecule has 1 N–H and O–H groups in total. The summed E-state index contributed by atoms with van der Waals surface area (Å²) in [4.78, 5) is 11.3. The molecule has 1 aromatic carbocycles. The number of nitrogens with zero attached hydrogens (tertiary/aromatic N) is 1. The topological polar surface area (TPSA) is 42.2 Å². The summed E-state index contributed by atoms with van der Waals surface area (Å²) >= 11 is 0. The van der Waals surface area contributed by atoms with Crippen LogP contribution < -0.4 is 0 Å². The fourth-order valence-corrected chi connectivity index (χ4v) is 3.60. The highest BCUT2D eigenvalue weighted by Gasteiger charge is 2.23. The van der Waals surface area contributed by atoms with Gasteiger partial charge in [0.25, 0.3) is 0 Å². The molecular weight excluding hydrogens is 250 g/mol. The second kappa shape index (κ2) is 4.65. The fraction of sp³-hybridized carbons (Fsp3) is 0.471. The van der Waals surface area contributed by atoms with E-state index in [4.69, 9.17) is 0 Å². The van der Waals surface area contributed by atoms with Crippen molar-refractivity contribution in [3.8, 4) is 0 Å². The van der Waals surface area contributed by atoms with E-state index in [1.54, 1.807) is 6.07 Å². The maximum atomic E-state index is 11.3. The molecular formula is C17H21NO2. The van der Waals surface area contributed by atoms with Gasteiger partial charge in [0, 0.05) is 17.1 Å². The molecule has 0 unspecified atom stereocenters. The third-order valence-electron chi connectivity index (χ3n) is 4.36. The molecule has 0 saturated heterocycles. The molecule has 0 spiro atoms. The van der Waals surface area contributed by atoms with Crippen molar-refractivity contribution in [2.24, 2.45) is 0 Å². The normalized spacial score (nSPS) is 14.8. The Hall–Kier alpha value is -1.77. The molecule has 3 rings (SSSR count). The van der Waals surface area contributed by atoms with Gasteiger partial charge < -0.3 is 9.67 Å². The van der Waals surface area contributed by atoms with Gasteiger partial charge in [0.2, 0.25) is 0 Å². The summed E-state index contributed by atoms with van der Waals surface area (Å²) in [6.45, 7) is 6.44. The number of benzene rings is 1. The third-order valence-corrected chi connectivity index (χ3v) is 4.36. The van der Waals surface area contributed by atoms with E-state index in [-0.39, 0.29) is 0 Å². The lowest BCUT2D eigenvalue weighted by molar-refractivity contribution is 0.0697. The van der Waals surface area contributed by atoms with E-state index in [2.05, 4.69) is 18.4 Å². The van der Waals surface area contributed by atoms with E-state index in [9.17, 15) is 9.90 Å². The predicted octanol–water partition coefficient (Wildman–Crippen LogP) is 4.11. The molecule has 20 heavy (non-hydrogen) atoms. The van der Waals surface area contributed by atoms with Crippen LogP contribution in [0.15, 0.2) is 12.1 Å². The lowest BCUT2D eigenvalue weighted by atomic mass is 9.94. The largest absolute Gasteiger partial charge is 0.478 e. The highest BCUT2D eigenvalue weighted by molar-refractivity contribution is 5.97. The van der Waals surface area contributed by atoms with Gasteiger partial charge in [-0.1, -0.05) is 0 Å². The molecule has 0 bridgehead atoms. The molecule has 1 aliphatic carbocycles. The summed E-state index contributed by atoms with van der Waals surface area (Å²) in [7, 11) is 0. The first-order valence-electron chi connectivity index (χ1n) is 7.40. The van der Waals surface area contributed by atoms with Crippen LogP contribution in [-0.4, -0.2) is 15.6 Å². The van der Waals surface area contributed by atoms with Crippen molar-refractivity contribution in [1.82, 2.24) is 4.57 Å². The zero-order valence-electron chi connectivity index (χ0n) is 12.4. The molecule has 106 valence electrons. The lowest BCUT2D eigenvalue weighted by Crippen LogP contribution is -2.10. The summed E-state index contributed by atoms with van der Waals surface area (Å²) in [6, 6.07) is 4.08. The Morgan fingerprint density at radius 2 is 1.95 bits per heavy atom. The Balaban J connectivity index is 2.41. The summed E-state index contributed by atoms with van der Waals surface area (Å²) < 4.78 is 2.42. The quantitative estimate of drug-likeness (QED) is 0.893. The van der Waals surface area contributed by atoms with Crippen LogP contribution >= 0.6 is 0 Å². The zero-order valence-corrected chi connectivity index (χ0v) is 12.4. The number of rotatable bonds is 2. The van der Waals surface area contributed by atoms with Gasteiger partial charge in [-0.2, -0.15) is 0 Å². The standard InChI is InChI=1S/C17H21NO2/c1-10(2)18-15-7-5-4-6-13(15)14-9-12(17(19)20)8-11(3)16(14)18/h8-10H,4-7H2,1-3H3,(H,19,20). The highest BCUT2D eigenvalue weighted by Crippen LogP contribution is 2.36. The second-order valence-corrected chi connectivity index (χ2v) is 6.09. The zero-order chi connectivity index (χ0) is 14.4. The van der Waals surface area contributed by atoms with Crippen LogP contribution in [0.5, 0.6) is 0 Å². The van der Waals surface area contributed by atoms with Crippen molar-refractivity contribution in [1.29, 1.82) is 0 Å². The number of aryl methyl sites for hydroxylation is 2.